The van der Waals surface area contributed by atoms with E-state index in [2.05, 4.69) is 4.98 Å². The number of aromatic nitrogens is 1. The minimum atomic E-state index is -1.06. The van der Waals surface area contributed by atoms with E-state index in [9.17, 15) is 14.3 Å². The summed E-state index contributed by atoms with van der Waals surface area (Å²) in [5.41, 5.74) is 0.799. The second kappa shape index (κ2) is 4.05. The van der Waals surface area contributed by atoms with Gasteiger partial charge in [0.05, 0.1) is 11.2 Å². The summed E-state index contributed by atoms with van der Waals surface area (Å²) in [5.74, 6) is -1.26. The van der Waals surface area contributed by atoms with Crippen molar-refractivity contribution in [1.82, 2.24) is 4.98 Å². The monoisotopic (exact) mass is 247 g/mol. The molecule has 94 valence electrons. The number of carbonyl (C=O) groups is 1. The summed E-state index contributed by atoms with van der Waals surface area (Å²) < 4.78 is 13.1. The second-order valence-electron chi connectivity index (χ2n) is 4.92. The van der Waals surface area contributed by atoms with Crippen LogP contribution in [0, 0.1) is 12.7 Å². The fourth-order valence-corrected chi connectivity index (χ4v) is 1.99. The smallest absolute Gasteiger partial charge is 0.315 e. The zero-order valence-electron chi connectivity index (χ0n) is 10.5. The minimum absolute atomic E-state index is 0.325. The van der Waals surface area contributed by atoms with Crippen LogP contribution in [-0.4, -0.2) is 16.1 Å². The maximum absolute atomic E-state index is 13.1. The Kier molecular flexibility index (Phi) is 2.81. The predicted molar refractivity (Wildman–Crippen MR) is 67.1 cm³/mol. The fourth-order valence-electron chi connectivity index (χ4n) is 1.99. The van der Waals surface area contributed by atoms with Crippen LogP contribution in [0.4, 0.5) is 4.39 Å². The van der Waals surface area contributed by atoms with Crippen molar-refractivity contribution in [3.8, 4) is 0 Å². The highest BCUT2D eigenvalue weighted by atomic mass is 19.1. The van der Waals surface area contributed by atoms with Gasteiger partial charge in [0.25, 0.3) is 0 Å². The third kappa shape index (κ3) is 1.94. The first-order chi connectivity index (χ1) is 8.32. The number of aryl methyl sites for hydroxylation is 1. The number of hydrogen-bond acceptors (Lipinski definition) is 2. The van der Waals surface area contributed by atoms with E-state index in [-0.39, 0.29) is 5.82 Å². The molecule has 0 unspecified atom stereocenters. The van der Waals surface area contributed by atoms with Crippen molar-refractivity contribution in [1.29, 1.82) is 0 Å². The van der Waals surface area contributed by atoms with Gasteiger partial charge in [-0.1, -0.05) is 0 Å². The Morgan fingerprint density at radius 3 is 2.61 bits per heavy atom. The van der Waals surface area contributed by atoms with E-state index in [1.165, 1.54) is 12.1 Å². The van der Waals surface area contributed by atoms with E-state index >= 15 is 0 Å². The van der Waals surface area contributed by atoms with Crippen molar-refractivity contribution in [2.24, 2.45) is 0 Å². The van der Waals surface area contributed by atoms with Crippen LogP contribution < -0.4 is 0 Å². The van der Waals surface area contributed by atoms with Crippen LogP contribution in [0.15, 0.2) is 24.3 Å². The number of carboxylic acid groups (broad SMARTS) is 1. The molecule has 2 aromatic rings. The van der Waals surface area contributed by atoms with Gasteiger partial charge in [-0.25, -0.2) is 4.39 Å². The van der Waals surface area contributed by atoms with Gasteiger partial charge < -0.3 is 5.11 Å². The molecule has 0 spiro atoms. The highest BCUT2D eigenvalue weighted by Crippen LogP contribution is 2.27. The molecule has 1 heterocycles. The Labute approximate surface area is 104 Å². The van der Waals surface area contributed by atoms with Crippen molar-refractivity contribution >= 4 is 16.9 Å². The number of pyridine rings is 1. The highest BCUT2D eigenvalue weighted by Gasteiger charge is 2.32. The summed E-state index contributed by atoms with van der Waals surface area (Å²) in [5, 5.41) is 9.91. The topological polar surface area (TPSA) is 50.2 Å². The van der Waals surface area contributed by atoms with Gasteiger partial charge in [-0.15, -0.1) is 0 Å². The molecule has 0 aliphatic rings. The Morgan fingerprint density at radius 2 is 2.00 bits per heavy atom. The number of carboxylic acids is 1. The highest BCUT2D eigenvalue weighted by molar-refractivity contribution is 5.84. The van der Waals surface area contributed by atoms with E-state index < -0.39 is 11.4 Å². The Balaban J connectivity index is 2.71. The number of aliphatic carboxylic acids is 1. The number of halogens is 1. The van der Waals surface area contributed by atoms with Crippen molar-refractivity contribution in [2.75, 3.05) is 0 Å². The molecule has 1 aromatic carbocycles. The van der Waals surface area contributed by atoms with Gasteiger partial charge in [-0.05, 0) is 50.6 Å². The molecule has 0 aliphatic heterocycles. The SMILES string of the molecule is Cc1cc2cc(F)ccc2nc1C(C)(C)C(=O)O. The molecule has 18 heavy (non-hydrogen) atoms. The van der Waals surface area contributed by atoms with Gasteiger partial charge in [0.1, 0.15) is 11.2 Å². The van der Waals surface area contributed by atoms with E-state index in [0.29, 0.717) is 16.6 Å². The summed E-state index contributed by atoms with van der Waals surface area (Å²) in [7, 11) is 0. The Hall–Kier alpha value is -1.97. The molecule has 0 radical (unpaired) electrons. The first-order valence-electron chi connectivity index (χ1n) is 5.63. The lowest BCUT2D eigenvalue weighted by atomic mass is 9.86. The van der Waals surface area contributed by atoms with Crippen LogP contribution in [0.5, 0.6) is 0 Å². The molecular weight excluding hydrogens is 233 g/mol. The third-order valence-corrected chi connectivity index (χ3v) is 3.09. The van der Waals surface area contributed by atoms with E-state index in [0.717, 1.165) is 5.56 Å². The van der Waals surface area contributed by atoms with Crippen LogP contribution in [0.3, 0.4) is 0 Å². The third-order valence-electron chi connectivity index (χ3n) is 3.09. The number of nitrogens with zero attached hydrogens (tertiary/aromatic N) is 1. The summed E-state index contributed by atoms with van der Waals surface area (Å²) in [6.07, 6.45) is 0. The first kappa shape index (κ1) is 12.5. The number of rotatable bonds is 2. The molecule has 1 N–H and O–H groups in total. The summed E-state index contributed by atoms with van der Waals surface area (Å²) >= 11 is 0. The predicted octanol–water partition coefficient (Wildman–Crippen LogP) is 3.04. The lowest BCUT2D eigenvalue weighted by Crippen LogP contribution is -2.30. The van der Waals surface area contributed by atoms with Gasteiger partial charge >= 0.3 is 5.97 Å². The average molecular weight is 247 g/mol. The van der Waals surface area contributed by atoms with Gasteiger partial charge in [-0.3, -0.25) is 9.78 Å². The van der Waals surface area contributed by atoms with Crippen LogP contribution in [-0.2, 0) is 10.2 Å². The molecule has 4 heteroatoms. The van der Waals surface area contributed by atoms with Crippen molar-refractivity contribution < 1.29 is 14.3 Å². The van der Waals surface area contributed by atoms with E-state index in [4.69, 9.17) is 0 Å². The van der Waals surface area contributed by atoms with Gasteiger partial charge in [-0.2, -0.15) is 0 Å². The lowest BCUT2D eigenvalue weighted by Gasteiger charge is -2.21. The molecule has 0 bridgehead atoms. The molecule has 1 aromatic heterocycles. The maximum Gasteiger partial charge on any atom is 0.315 e. The first-order valence-corrected chi connectivity index (χ1v) is 5.63. The van der Waals surface area contributed by atoms with Crippen molar-refractivity contribution in [3.63, 3.8) is 0 Å². The molecule has 0 amide bonds. The summed E-state index contributed by atoms with van der Waals surface area (Å²) in [6, 6.07) is 6.05. The average Bonchev–Trinajstić information content (AvgIpc) is 2.27. The van der Waals surface area contributed by atoms with Crippen molar-refractivity contribution in [3.05, 3.63) is 41.3 Å². The number of fused-ring (bicyclic) bond motifs is 1. The molecule has 0 aliphatic carbocycles. The molecule has 0 fully saturated rings. The van der Waals surface area contributed by atoms with Crippen LogP contribution in [0.25, 0.3) is 10.9 Å². The normalized spacial score (nSPS) is 11.8. The second-order valence-corrected chi connectivity index (χ2v) is 4.92. The minimum Gasteiger partial charge on any atom is -0.481 e. The number of hydrogen-bond donors (Lipinski definition) is 1. The van der Waals surface area contributed by atoms with Gasteiger partial charge in [0.2, 0.25) is 0 Å². The van der Waals surface area contributed by atoms with Crippen LogP contribution >= 0.6 is 0 Å². The molecule has 0 saturated heterocycles. The van der Waals surface area contributed by atoms with Gasteiger partial charge in [0.15, 0.2) is 0 Å². The van der Waals surface area contributed by atoms with Crippen LogP contribution in [0.2, 0.25) is 0 Å². The quantitative estimate of drug-likeness (QED) is 0.887. The Bertz CT molecular complexity index is 635. The summed E-state index contributed by atoms with van der Waals surface area (Å²) in [4.78, 5) is 15.6. The van der Waals surface area contributed by atoms with E-state index in [1.807, 2.05) is 0 Å². The molecular formula is C14H14FNO2. The van der Waals surface area contributed by atoms with Crippen molar-refractivity contribution in [2.45, 2.75) is 26.2 Å². The molecule has 3 nitrogen and oxygen atoms in total. The lowest BCUT2D eigenvalue weighted by molar-refractivity contribution is -0.142. The zero-order chi connectivity index (χ0) is 13.5. The molecule has 0 saturated carbocycles. The van der Waals surface area contributed by atoms with Gasteiger partial charge in [0, 0.05) is 5.39 Å². The van der Waals surface area contributed by atoms with E-state index in [1.54, 1.807) is 32.9 Å². The maximum atomic E-state index is 13.1. The fraction of sp³-hybridized carbons (Fsp3) is 0.286. The largest absolute Gasteiger partial charge is 0.481 e. The summed E-state index contributed by atoms with van der Waals surface area (Å²) in [6.45, 7) is 5.01. The molecule has 2 rings (SSSR count). The van der Waals surface area contributed by atoms with Crippen LogP contribution in [0.1, 0.15) is 25.1 Å². The Morgan fingerprint density at radius 1 is 1.33 bits per heavy atom. The molecule has 0 atom stereocenters. The standard InChI is InChI=1S/C14H14FNO2/c1-8-6-9-7-10(15)4-5-11(9)16-12(8)14(2,3)13(17)18/h4-7H,1-3H3,(H,17,18). The number of benzene rings is 1. The zero-order valence-corrected chi connectivity index (χ0v) is 10.5.